The van der Waals surface area contributed by atoms with Crippen LogP contribution in [0.25, 0.3) is 0 Å². The summed E-state index contributed by atoms with van der Waals surface area (Å²) < 4.78 is 33.5. The van der Waals surface area contributed by atoms with Crippen molar-refractivity contribution in [3.8, 4) is 0 Å². The lowest BCUT2D eigenvalue weighted by Gasteiger charge is -2.37. The quantitative estimate of drug-likeness (QED) is 0.0686. The molecule has 0 atom stereocenters. The van der Waals surface area contributed by atoms with Gasteiger partial charge in [0.15, 0.2) is 16.6 Å². The number of alkyl carbamates (subject to hydrolysis) is 1. The van der Waals surface area contributed by atoms with Gasteiger partial charge in [-0.2, -0.15) is 0 Å². The van der Waals surface area contributed by atoms with Gasteiger partial charge in [0.1, 0.15) is 19.8 Å². The summed E-state index contributed by atoms with van der Waals surface area (Å²) in [6, 6.07) is 0.833. The Bertz CT molecular complexity index is 840. The smallest absolute Gasteiger partial charge is 0.407 e. The van der Waals surface area contributed by atoms with E-state index in [4.69, 9.17) is 27.2 Å². The first-order valence-corrected chi connectivity index (χ1v) is 22.4. The van der Waals surface area contributed by atoms with Gasteiger partial charge in [-0.3, -0.25) is 0 Å². The highest BCUT2D eigenvalue weighted by molar-refractivity contribution is 6.87. The van der Waals surface area contributed by atoms with Crippen LogP contribution in [0.4, 0.5) is 4.79 Å². The lowest BCUT2D eigenvalue weighted by Crippen LogP contribution is -2.51. The van der Waals surface area contributed by atoms with Crippen LogP contribution in [-0.4, -0.2) is 82.2 Å². The Balaban J connectivity index is 5.02. The molecule has 0 aromatic rings. The molecule has 11 nitrogen and oxygen atoms in total. The lowest BCUT2D eigenvalue weighted by atomic mass is 9.87. The van der Waals surface area contributed by atoms with Crippen LogP contribution in [-0.2, 0) is 41.6 Å². The van der Waals surface area contributed by atoms with Crippen molar-refractivity contribution in [2.75, 3.05) is 33.0 Å². The monoisotopic (exact) mass is 617 g/mol. The number of carbonyl (C=O) groups is 4. The summed E-state index contributed by atoms with van der Waals surface area (Å²) in [5.41, 5.74) is -1.20. The molecule has 228 valence electrons. The van der Waals surface area contributed by atoms with Crippen LogP contribution in [0, 0.1) is 5.41 Å². The summed E-state index contributed by atoms with van der Waals surface area (Å²) in [6.07, 6.45) is 3.03. The van der Waals surface area contributed by atoms with E-state index in [1.807, 2.05) is 0 Å². The van der Waals surface area contributed by atoms with E-state index in [0.717, 1.165) is 24.3 Å². The molecule has 0 bridgehead atoms. The van der Waals surface area contributed by atoms with E-state index >= 15 is 0 Å². The first-order valence-electron chi connectivity index (χ1n) is 13.1. The number of ether oxygens (including phenoxy) is 4. The van der Waals surface area contributed by atoms with Crippen LogP contribution < -0.4 is 5.32 Å². The van der Waals surface area contributed by atoms with E-state index in [9.17, 15) is 19.2 Å². The SMILES string of the molecule is C=CC(=O)OCC(CCOC(=O)NCCC[Si](C)(C)O[Si](C)(C)O[Si](C)(C)C)(COC(=O)C=C)COC(=O)C=C. The molecular formula is C26H47NO10Si3. The van der Waals surface area contributed by atoms with E-state index in [1.54, 1.807) is 0 Å². The molecule has 0 aliphatic carbocycles. The molecule has 0 aliphatic rings. The third-order valence-corrected chi connectivity index (χ3v) is 15.4. The number of esters is 3. The molecule has 0 spiro atoms. The second kappa shape index (κ2) is 17.3. The summed E-state index contributed by atoms with van der Waals surface area (Å²) in [5.74, 6) is -2.16. The van der Waals surface area contributed by atoms with Crippen LogP contribution in [0.2, 0.25) is 51.9 Å². The van der Waals surface area contributed by atoms with Crippen molar-refractivity contribution in [2.45, 2.75) is 64.7 Å². The van der Waals surface area contributed by atoms with Crippen molar-refractivity contribution in [1.29, 1.82) is 0 Å². The van der Waals surface area contributed by atoms with Gasteiger partial charge in [0.2, 0.25) is 0 Å². The van der Waals surface area contributed by atoms with Crippen molar-refractivity contribution >= 4 is 49.2 Å². The Kier molecular flexibility index (Phi) is 16.2. The first-order chi connectivity index (χ1) is 18.4. The largest absolute Gasteiger partial charge is 0.462 e. The fourth-order valence-corrected chi connectivity index (χ4v) is 17.0. The number of hydrogen-bond donors (Lipinski definition) is 1. The second-order valence-corrected chi connectivity index (χ2v) is 24.0. The molecular weight excluding hydrogens is 571 g/mol. The fraction of sp³-hybridized carbons (Fsp3) is 0.615. The number of hydrogen-bond acceptors (Lipinski definition) is 10. The Morgan fingerprint density at radius 3 is 1.57 bits per heavy atom. The van der Waals surface area contributed by atoms with E-state index < -0.39 is 54.6 Å². The number of carbonyl (C=O) groups excluding carboxylic acids is 4. The standard InChI is InChI=1S/C26H47NO10Si3/c1-11-22(28)33-19-26(20-34-23(29)12-2,21-35-24(30)13-3)15-17-32-25(31)27-16-14-18-39(7,8)37-40(9,10)36-38(4,5)6/h11-13H,1-3,14-21H2,4-10H3,(H,27,31). The molecule has 0 heterocycles. The minimum atomic E-state index is -2.24. The van der Waals surface area contributed by atoms with Crippen LogP contribution in [0.1, 0.15) is 12.8 Å². The van der Waals surface area contributed by atoms with Gasteiger partial charge < -0.3 is 32.5 Å². The van der Waals surface area contributed by atoms with Crippen molar-refractivity contribution in [1.82, 2.24) is 5.32 Å². The lowest BCUT2D eigenvalue weighted by molar-refractivity contribution is -0.157. The molecule has 0 radical (unpaired) electrons. The topological polar surface area (TPSA) is 136 Å². The predicted octanol–water partition coefficient (Wildman–Crippen LogP) is 4.44. The maximum atomic E-state index is 12.3. The van der Waals surface area contributed by atoms with Gasteiger partial charge in [0.05, 0.1) is 12.0 Å². The molecule has 0 rings (SSSR count). The van der Waals surface area contributed by atoms with Gasteiger partial charge >= 0.3 is 32.6 Å². The zero-order valence-electron chi connectivity index (χ0n) is 25.1. The molecule has 14 heteroatoms. The van der Waals surface area contributed by atoms with Crippen molar-refractivity contribution < 1.29 is 46.4 Å². The zero-order valence-corrected chi connectivity index (χ0v) is 28.1. The summed E-state index contributed by atoms with van der Waals surface area (Å²) in [7, 11) is -5.96. The van der Waals surface area contributed by atoms with Gasteiger partial charge in [0, 0.05) is 24.8 Å². The fourth-order valence-electron chi connectivity index (χ4n) is 3.78. The predicted molar refractivity (Wildman–Crippen MR) is 160 cm³/mol. The van der Waals surface area contributed by atoms with Crippen LogP contribution in [0.5, 0.6) is 0 Å². The van der Waals surface area contributed by atoms with Crippen molar-refractivity contribution in [2.24, 2.45) is 5.41 Å². The molecule has 1 amide bonds. The highest BCUT2D eigenvalue weighted by atomic mass is 28.5. The number of nitrogens with one attached hydrogen (secondary N) is 1. The van der Waals surface area contributed by atoms with Gasteiger partial charge in [-0.05, 0) is 64.7 Å². The number of amides is 1. The molecule has 0 aromatic carbocycles. The summed E-state index contributed by atoms with van der Waals surface area (Å²) >= 11 is 0. The van der Waals surface area contributed by atoms with Crippen LogP contribution >= 0.6 is 0 Å². The number of rotatable bonds is 20. The minimum Gasteiger partial charge on any atom is -0.462 e. The maximum absolute atomic E-state index is 12.3. The Morgan fingerprint density at radius 2 is 1.18 bits per heavy atom. The first kappa shape index (κ1) is 37.5. The maximum Gasteiger partial charge on any atom is 0.407 e. The third-order valence-electron chi connectivity index (χ3n) is 5.23. The second-order valence-electron chi connectivity index (χ2n) is 11.3. The van der Waals surface area contributed by atoms with Crippen LogP contribution in [0.15, 0.2) is 38.0 Å². The zero-order chi connectivity index (χ0) is 31.0. The Morgan fingerprint density at radius 1 is 0.725 bits per heavy atom. The summed E-state index contributed by atoms with van der Waals surface area (Å²) in [5, 5.41) is 2.72. The van der Waals surface area contributed by atoms with Crippen molar-refractivity contribution in [3.63, 3.8) is 0 Å². The van der Waals surface area contributed by atoms with Gasteiger partial charge in [0.25, 0.3) is 0 Å². The van der Waals surface area contributed by atoms with Crippen molar-refractivity contribution in [3.05, 3.63) is 38.0 Å². The molecule has 0 saturated heterocycles. The molecule has 0 aliphatic heterocycles. The molecule has 40 heavy (non-hydrogen) atoms. The molecule has 1 N–H and O–H groups in total. The van der Waals surface area contributed by atoms with Gasteiger partial charge in [-0.25, -0.2) is 19.2 Å². The average molecular weight is 618 g/mol. The summed E-state index contributed by atoms with van der Waals surface area (Å²) in [4.78, 5) is 47.4. The Labute approximate surface area is 241 Å². The van der Waals surface area contributed by atoms with Gasteiger partial charge in [-0.1, -0.05) is 19.7 Å². The van der Waals surface area contributed by atoms with E-state index in [2.05, 4.69) is 70.9 Å². The highest BCUT2D eigenvalue weighted by Gasteiger charge is 2.38. The summed E-state index contributed by atoms with van der Waals surface area (Å²) in [6.45, 7) is 24.3. The van der Waals surface area contributed by atoms with Crippen LogP contribution in [0.3, 0.4) is 0 Å². The highest BCUT2D eigenvalue weighted by Crippen LogP contribution is 2.26. The normalized spacial score (nSPS) is 12.1. The Hall–Kier alpha value is -2.53. The minimum absolute atomic E-state index is 0.0459. The van der Waals surface area contributed by atoms with E-state index in [-0.39, 0.29) is 32.8 Å². The third kappa shape index (κ3) is 17.9. The molecule has 0 saturated carbocycles. The average Bonchev–Trinajstić information content (AvgIpc) is 2.84. The van der Waals surface area contributed by atoms with E-state index in [0.29, 0.717) is 13.0 Å². The molecule has 0 unspecified atom stereocenters. The van der Waals surface area contributed by atoms with Gasteiger partial charge in [-0.15, -0.1) is 0 Å². The molecule has 0 fully saturated rings. The molecule has 0 aromatic heterocycles. The van der Waals surface area contributed by atoms with E-state index in [1.165, 1.54) is 0 Å².